The molecule has 1 amide bonds. The van der Waals surface area contributed by atoms with Crippen LogP contribution in [0, 0.1) is 5.41 Å². The van der Waals surface area contributed by atoms with Gasteiger partial charge in [0, 0.05) is 11.4 Å². The fourth-order valence-corrected chi connectivity index (χ4v) is 4.21. The highest BCUT2D eigenvalue weighted by Gasteiger charge is 2.33. The van der Waals surface area contributed by atoms with Crippen LogP contribution in [0.3, 0.4) is 0 Å². The highest BCUT2D eigenvalue weighted by atomic mass is 32.1. The van der Waals surface area contributed by atoms with Gasteiger partial charge in [0.1, 0.15) is 0 Å². The van der Waals surface area contributed by atoms with Gasteiger partial charge in [-0.15, -0.1) is 11.3 Å². The molecule has 0 unspecified atom stereocenters. The standard InChI is InChI=1S/C22H27NO3S/c1-22(2,3)10-8-20(24)23-11-9-15-13-17(25-4)18(26-5)14-16(15)21(23)19-7-6-12-27-19/h6-8,10,12-14,21H,9,11H2,1-5H3/b10-8+/t21-/m1/s1. The number of amides is 1. The zero-order chi connectivity index (χ0) is 19.6. The van der Waals surface area contributed by atoms with Crippen molar-refractivity contribution in [2.45, 2.75) is 33.2 Å². The Bertz CT molecular complexity index is 834. The van der Waals surface area contributed by atoms with Crippen molar-refractivity contribution in [3.63, 3.8) is 0 Å². The van der Waals surface area contributed by atoms with Crippen LogP contribution < -0.4 is 9.47 Å². The van der Waals surface area contributed by atoms with E-state index in [1.807, 2.05) is 29.2 Å². The summed E-state index contributed by atoms with van der Waals surface area (Å²) in [5, 5.41) is 2.05. The third kappa shape index (κ3) is 4.19. The number of methoxy groups -OCH3 is 2. The van der Waals surface area contributed by atoms with Gasteiger partial charge in [-0.3, -0.25) is 4.79 Å². The van der Waals surface area contributed by atoms with E-state index in [9.17, 15) is 4.79 Å². The first-order valence-electron chi connectivity index (χ1n) is 9.12. The number of hydrogen-bond donors (Lipinski definition) is 0. The molecule has 27 heavy (non-hydrogen) atoms. The minimum absolute atomic E-state index is 0.0294. The number of carbonyl (C=O) groups is 1. The molecule has 0 spiro atoms. The van der Waals surface area contributed by atoms with Crippen molar-refractivity contribution in [1.82, 2.24) is 4.90 Å². The maximum absolute atomic E-state index is 13.0. The molecule has 2 aromatic rings. The number of carbonyl (C=O) groups excluding carboxylic acids is 1. The summed E-state index contributed by atoms with van der Waals surface area (Å²) in [7, 11) is 3.29. The molecule has 1 aromatic heterocycles. The molecule has 0 N–H and O–H groups in total. The second-order valence-electron chi connectivity index (χ2n) is 7.80. The first-order chi connectivity index (χ1) is 12.8. The monoisotopic (exact) mass is 385 g/mol. The number of hydrogen-bond acceptors (Lipinski definition) is 4. The number of benzene rings is 1. The molecule has 1 atom stereocenters. The Morgan fingerprint density at radius 1 is 1.22 bits per heavy atom. The first kappa shape index (κ1) is 19.5. The molecule has 1 aliphatic rings. The van der Waals surface area contributed by atoms with Gasteiger partial charge in [-0.1, -0.05) is 32.9 Å². The molecule has 3 rings (SSSR count). The van der Waals surface area contributed by atoms with E-state index in [4.69, 9.17) is 9.47 Å². The number of ether oxygens (including phenoxy) is 2. The van der Waals surface area contributed by atoms with Crippen LogP contribution in [-0.4, -0.2) is 31.6 Å². The van der Waals surface area contributed by atoms with E-state index in [1.54, 1.807) is 31.6 Å². The SMILES string of the molecule is COc1cc2c(cc1OC)[C@H](c1cccs1)N(C(=O)/C=C/C(C)(C)C)CC2. The summed E-state index contributed by atoms with van der Waals surface area (Å²) in [6, 6.07) is 8.08. The van der Waals surface area contributed by atoms with Crippen molar-refractivity contribution in [2.24, 2.45) is 5.41 Å². The van der Waals surface area contributed by atoms with E-state index in [0.717, 1.165) is 22.6 Å². The summed E-state index contributed by atoms with van der Waals surface area (Å²) in [4.78, 5) is 16.1. The van der Waals surface area contributed by atoms with E-state index in [0.29, 0.717) is 12.3 Å². The van der Waals surface area contributed by atoms with Crippen molar-refractivity contribution >= 4 is 17.2 Å². The molecule has 1 aromatic carbocycles. The molecule has 1 aliphatic heterocycles. The van der Waals surface area contributed by atoms with E-state index >= 15 is 0 Å². The molecule has 0 saturated carbocycles. The summed E-state index contributed by atoms with van der Waals surface area (Å²) in [5.74, 6) is 1.47. The van der Waals surface area contributed by atoms with Crippen LogP contribution in [0.15, 0.2) is 41.8 Å². The third-order valence-electron chi connectivity index (χ3n) is 4.70. The average molecular weight is 386 g/mol. The summed E-state index contributed by atoms with van der Waals surface area (Å²) in [6.45, 7) is 6.96. The number of nitrogens with zero attached hydrogens (tertiary/aromatic N) is 1. The van der Waals surface area contributed by atoms with Crippen LogP contribution in [0.2, 0.25) is 0 Å². The number of rotatable bonds is 4. The Morgan fingerprint density at radius 2 is 1.93 bits per heavy atom. The molecule has 0 radical (unpaired) electrons. The van der Waals surface area contributed by atoms with Gasteiger partial charge in [-0.2, -0.15) is 0 Å². The van der Waals surface area contributed by atoms with E-state index in [1.165, 1.54) is 5.56 Å². The lowest BCUT2D eigenvalue weighted by Gasteiger charge is -2.37. The Morgan fingerprint density at radius 3 is 2.52 bits per heavy atom. The van der Waals surface area contributed by atoms with Gasteiger partial charge in [0.15, 0.2) is 11.5 Å². The molecule has 0 saturated heterocycles. The third-order valence-corrected chi connectivity index (χ3v) is 5.62. The minimum Gasteiger partial charge on any atom is -0.493 e. The molecular weight excluding hydrogens is 358 g/mol. The van der Waals surface area contributed by atoms with Gasteiger partial charge in [0.25, 0.3) is 0 Å². The number of allylic oxidation sites excluding steroid dienone is 1. The van der Waals surface area contributed by atoms with Gasteiger partial charge in [0.2, 0.25) is 5.91 Å². The van der Waals surface area contributed by atoms with Crippen molar-refractivity contribution < 1.29 is 14.3 Å². The van der Waals surface area contributed by atoms with Crippen LogP contribution >= 0.6 is 11.3 Å². The second kappa shape index (κ2) is 7.77. The van der Waals surface area contributed by atoms with Gasteiger partial charge in [-0.25, -0.2) is 0 Å². The Balaban J connectivity index is 2.05. The predicted octanol–water partition coefficient (Wildman–Crippen LogP) is 4.84. The highest BCUT2D eigenvalue weighted by molar-refractivity contribution is 7.10. The zero-order valence-corrected chi connectivity index (χ0v) is 17.4. The van der Waals surface area contributed by atoms with Crippen LogP contribution in [0.4, 0.5) is 0 Å². The van der Waals surface area contributed by atoms with Crippen molar-refractivity contribution in [1.29, 1.82) is 0 Å². The minimum atomic E-state index is -0.106. The molecule has 4 nitrogen and oxygen atoms in total. The van der Waals surface area contributed by atoms with Gasteiger partial charge in [-0.05, 0) is 52.6 Å². The van der Waals surface area contributed by atoms with Crippen LogP contribution in [0.25, 0.3) is 0 Å². The van der Waals surface area contributed by atoms with Crippen molar-refractivity contribution in [3.8, 4) is 11.5 Å². The smallest absolute Gasteiger partial charge is 0.247 e. The van der Waals surface area contributed by atoms with E-state index in [2.05, 4.69) is 32.2 Å². The normalized spacial score (nSPS) is 17.1. The molecule has 0 aliphatic carbocycles. The Hall–Kier alpha value is -2.27. The first-order valence-corrected chi connectivity index (χ1v) is 10.00. The maximum atomic E-state index is 13.0. The van der Waals surface area contributed by atoms with Crippen LogP contribution in [0.5, 0.6) is 11.5 Å². The molecule has 5 heteroatoms. The predicted molar refractivity (Wildman–Crippen MR) is 110 cm³/mol. The summed E-state index contributed by atoms with van der Waals surface area (Å²) >= 11 is 1.67. The summed E-state index contributed by atoms with van der Waals surface area (Å²) in [6.07, 6.45) is 4.49. The fraction of sp³-hybridized carbons (Fsp3) is 0.409. The number of thiophene rings is 1. The quantitative estimate of drug-likeness (QED) is 0.707. The maximum Gasteiger partial charge on any atom is 0.247 e. The topological polar surface area (TPSA) is 38.8 Å². The fourth-order valence-electron chi connectivity index (χ4n) is 3.35. The van der Waals surface area contributed by atoms with Crippen LogP contribution in [-0.2, 0) is 11.2 Å². The van der Waals surface area contributed by atoms with E-state index in [-0.39, 0.29) is 17.4 Å². The zero-order valence-electron chi connectivity index (χ0n) is 16.6. The van der Waals surface area contributed by atoms with Crippen molar-refractivity contribution in [3.05, 3.63) is 57.8 Å². The Labute approximate surface area is 165 Å². The van der Waals surface area contributed by atoms with Gasteiger partial charge in [0.05, 0.1) is 20.3 Å². The second-order valence-corrected chi connectivity index (χ2v) is 8.78. The van der Waals surface area contributed by atoms with Crippen molar-refractivity contribution in [2.75, 3.05) is 20.8 Å². The molecule has 2 heterocycles. The number of fused-ring (bicyclic) bond motifs is 1. The summed E-state index contributed by atoms with van der Waals surface area (Å²) < 4.78 is 11.0. The summed E-state index contributed by atoms with van der Waals surface area (Å²) in [5.41, 5.74) is 2.28. The van der Waals surface area contributed by atoms with Gasteiger partial charge >= 0.3 is 0 Å². The molecule has 0 fully saturated rings. The lowest BCUT2D eigenvalue weighted by atomic mass is 9.90. The molecular formula is C22H27NO3S. The molecule has 0 bridgehead atoms. The molecule has 144 valence electrons. The lowest BCUT2D eigenvalue weighted by molar-refractivity contribution is -0.128. The van der Waals surface area contributed by atoms with Crippen LogP contribution in [0.1, 0.15) is 42.8 Å². The highest BCUT2D eigenvalue weighted by Crippen LogP contribution is 2.42. The average Bonchev–Trinajstić information content (AvgIpc) is 3.17. The Kier molecular flexibility index (Phi) is 5.61. The van der Waals surface area contributed by atoms with Gasteiger partial charge < -0.3 is 14.4 Å². The lowest BCUT2D eigenvalue weighted by Crippen LogP contribution is -2.39. The van der Waals surface area contributed by atoms with E-state index < -0.39 is 0 Å². The largest absolute Gasteiger partial charge is 0.493 e.